The van der Waals surface area contributed by atoms with Crippen LogP contribution in [0.5, 0.6) is 0 Å². The highest BCUT2D eigenvalue weighted by Gasteiger charge is 2.20. The zero-order valence-corrected chi connectivity index (χ0v) is 18.3. The summed E-state index contributed by atoms with van der Waals surface area (Å²) in [4.78, 5) is 42.4. The standard InChI is InChI=1S/C22H25N7O4/c1-15-11-17(27-33-15)13-29(14-30)22(32)28(2)19(23)9-10-24-12-21(31)26-20-8-7-16-5-3-4-6-18(16)25-20/h3-9,11,14,24H,10,12-13,23H2,1-2H3,(H,25,26,31)/b19-9+. The van der Waals surface area contributed by atoms with E-state index in [1.54, 1.807) is 19.1 Å². The van der Waals surface area contributed by atoms with E-state index in [0.717, 1.165) is 20.7 Å². The van der Waals surface area contributed by atoms with Crippen LogP contribution < -0.4 is 16.4 Å². The quantitative estimate of drug-likeness (QED) is 0.328. The summed E-state index contributed by atoms with van der Waals surface area (Å²) < 4.78 is 4.94. The van der Waals surface area contributed by atoms with Crippen LogP contribution in [0, 0.1) is 6.92 Å². The fourth-order valence-corrected chi connectivity index (χ4v) is 2.94. The maximum atomic E-state index is 12.5. The van der Waals surface area contributed by atoms with Crippen molar-refractivity contribution in [1.29, 1.82) is 0 Å². The van der Waals surface area contributed by atoms with Gasteiger partial charge in [-0.1, -0.05) is 23.4 Å². The molecule has 3 aromatic rings. The molecule has 0 aliphatic heterocycles. The Kier molecular flexibility index (Phi) is 7.71. The van der Waals surface area contributed by atoms with Gasteiger partial charge in [-0.05, 0) is 31.2 Å². The number of hydrogen-bond acceptors (Lipinski definition) is 8. The van der Waals surface area contributed by atoms with Crippen molar-refractivity contribution in [3.05, 3.63) is 65.8 Å². The number of amides is 4. The summed E-state index contributed by atoms with van der Waals surface area (Å²) in [6.45, 7) is 1.91. The van der Waals surface area contributed by atoms with Gasteiger partial charge in [0.2, 0.25) is 12.3 Å². The van der Waals surface area contributed by atoms with E-state index in [1.807, 2.05) is 30.3 Å². The molecule has 0 bridgehead atoms. The second-order valence-corrected chi connectivity index (χ2v) is 7.20. The first-order chi connectivity index (χ1) is 15.9. The molecule has 2 heterocycles. The molecule has 33 heavy (non-hydrogen) atoms. The summed E-state index contributed by atoms with van der Waals surface area (Å²) in [6.07, 6.45) is 1.93. The molecule has 4 N–H and O–H groups in total. The Labute approximate surface area is 190 Å². The molecule has 172 valence electrons. The summed E-state index contributed by atoms with van der Waals surface area (Å²) in [5.41, 5.74) is 7.17. The summed E-state index contributed by atoms with van der Waals surface area (Å²) in [7, 11) is 1.44. The Morgan fingerprint density at radius 2 is 2.00 bits per heavy atom. The summed E-state index contributed by atoms with van der Waals surface area (Å²) in [5.74, 6) is 0.872. The lowest BCUT2D eigenvalue weighted by molar-refractivity contribution is -0.116. The number of nitrogens with zero attached hydrogens (tertiary/aromatic N) is 4. The van der Waals surface area contributed by atoms with Crippen LogP contribution >= 0.6 is 0 Å². The van der Waals surface area contributed by atoms with Gasteiger partial charge in [-0.2, -0.15) is 0 Å². The van der Waals surface area contributed by atoms with Crippen LogP contribution in [0.15, 0.2) is 58.9 Å². The third-order valence-electron chi connectivity index (χ3n) is 4.66. The molecular formula is C22H25N7O4. The molecular weight excluding hydrogens is 426 g/mol. The Hall–Kier alpha value is -4.25. The lowest BCUT2D eigenvalue weighted by atomic mass is 10.2. The SMILES string of the molecule is Cc1cc(CN(C=O)C(=O)N(C)/C(N)=C/CNCC(=O)Nc2ccc3ccccc3n2)no1. The number of nitrogens with two attached hydrogens (primary N) is 1. The van der Waals surface area contributed by atoms with E-state index in [9.17, 15) is 14.4 Å². The minimum atomic E-state index is -0.625. The molecule has 1 aromatic carbocycles. The zero-order valence-electron chi connectivity index (χ0n) is 18.3. The minimum Gasteiger partial charge on any atom is -0.385 e. The normalized spacial score (nSPS) is 11.3. The van der Waals surface area contributed by atoms with E-state index in [1.165, 1.54) is 13.1 Å². The predicted molar refractivity (Wildman–Crippen MR) is 122 cm³/mol. The molecule has 2 aromatic heterocycles. The first kappa shape index (κ1) is 23.4. The average molecular weight is 451 g/mol. The van der Waals surface area contributed by atoms with Crippen LogP contribution in [0.1, 0.15) is 11.5 Å². The minimum absolute atomic E-state index is 0.0158. The highest BCUT2D eigenvalue weighted by molar-refractivity contribution is 5.92. The van der Waals surface area contributed by atoms with Crippen molar-refractivity contribution in [2.24, 2.45) is 5.73 Å². The van der Waals surface area contributed by atoms with Crippen LogP contribution in [0.3, 0.4) is 0 Å². The topological polar surface area (TPSA) is 147 Å². The largest absolute Gasteiger partial charge is 0.385 e. The van der Waals surface area contributed by atoms with Crippen molar-refractivity contribution in [2.45, 2.75) is 13.5 Å². The monoisotopic (exact) mass is 451 g/mol. The van der Waals surface area contributed by atoms with E-state index in [-0.39, 0.29) is 31.4 Å². The number of rotatable bonds is 9. The lowest BCUT2D eigenvalue weighted by Gasteiger charge is -2.23. The number of carbonyl (C=O) groups is 3. The van der Waals surface area contributed by atoms with Gasteiger partial charge < -0.3 is 20.9 Å². The molecule has 0 fully saturated rings. The fraction of sp³-hybridized carbons (Fsp3) is 0.227. The molecule has 11 nitrogen and oxygen atoms in total. The number of carbonyl (C=O) groups excluding carboxylic acids is 3. The smallest absolute Gasteiger partial charge is 0.332 e. The zero-order chi connectivity index (χ0) is 23.8. The number of nitrogens with one attached hydrogen (secondary N) is 2. The number of aryl methyl sites for hydroxylation is 1. The Morgan fingerprint density at radius 3 is 2.73 bits per heavy atom. The van der Waals surface area contributed by atoms with Gasteiger partial charge in [0, 0.05) is 25.0 Å². The predicted octanol–water partition coefficient (Wildman–Crippen LogP) is 1.57. The van der Waals surface area contributed by atoms with Gasteiger partial charge >= 0.3 is 6.03 Å². The molecule has 0 radical (unpaired) electrons. The number of benzene rings is 1. The van der Waals surface area contributed by atoms with Crippen LogP contribution in [0.4, 0.5) is 10.6 Å². The third-order valence-corrected chi connectivity index (χ3v) is 4.66. The molecule has 0 saturated carbocycles. The number of fused-ring (bicyclic) bond motifs is 1. The maximum absolute atomic E-state index is 12.5. The number of aromatic nitrogens is 2. The molecule has 0 saturated heterocycles. The number of para-hydroxylation sites is 1. The van der Waals surface area contributed by atoms with E-state index >= 15 is 0 Å². The number of imide groups is 1. The van der Waals surface area contributed by atoms with E-state index in [2.05, 4.69) is 20.8 Å². The van der Waals surface area contributed by atoms with E-state index in [4.69, 9.17) is 10.3 Å². The van der Waals surface area contributed by atoms with Gasteiger partial charge in [-0.15, -0.1) is 0 Å². The lowest BCUT2D eigenvalue weighted by Crippen LogP contribution is -2.41. The molecule has 0 atom stereocenters. The summed E-state index contributed by atoms with van der Waals surface area (Å²) in [6, 6.07) is 12.2. The number of urea groups is 1. The fourth-order valence-electron chi connectivity index (χ4n) is 2.94. The first-order valence-corrected chi connectivity index (χ1v) is 10.1. The second-order valence-electron chi connectivity index (χ2n) is 7.20. The van der Waals surface area contributed by atoms with Crippen LogP contribution in [0.2, 0.25) is 0 Å². The highest BCUT2D eigenvalue weighted by Crippen LogP contribution is 2.14. The van der Waals surface area contributed by atoms with Gasteiger partial charge in [-0.3, -0.25) is 19.4 Å². The summed E-state index contributed by atoms with van der Waals surface area (Å²) >= 11 is 0. The van der Waals surface area contributed by atoms with Crippen molar-refractivity contribution >= 4 is 35.1 Å². The molecule has 0 aliphatic rings. The Morgan fingerprint density at radius 1 is 1.21 bits per heavy atom. The van der Waals surface area contributed by atoms with Gasteiger partial charge in [0.25, 0.3) is 0 Å². The molecule has 0 aliphatic carbocycles. The summed E-state index contributed by atoms with van der Waals surface area (Å²) in [5, 5.41) is 10.4. The highest BCUT2D eigenvalue weighted by atomic mass is 16.5. The molecule has 4 amide bonds. The number of anilines is 1. The van der Waals surface area contributed by atoms with Crippen molar-refractivity contribution in [1.82, 2.24) is 25.3 Å². The van der Waals surface area contributed by atoms with Gasteiger partial charge in [0.05, 0.1) is 18.6 Å². The molecule has 11 heteroatoms. The van der Waals surface area contributed by atoms with Gasteiger partial charge in [-0.25, -0.2) is 9.78 Å². The molecule has 3 rings (SSSR count). The number of hydrogen-bond donors (Lipinski definition) is 3. The van der Waals surface area contributed by atoms with E-state index in [0.29, 0.717) is 23.7 Å². The second kappa shape index (κ2) is 10.9. The van der Waals surface area contributed by atoms with Crippen LogP contribution in [-0.4, -0.2) is 58.4 Å². The van der Waals surface area contributed by atoms with Gasteiger partial charge in [0.1, 0.15) is 23.1 Å². The van der Waals surface area contributed by atoms with E-state index < -0.39 is 6.03 Å². The third kappa shape index (κ3) is 6.37. The molecule has 0 unspecified atom stereocenters. The van der Waals surface area contributed by atoms with Crippen LogP contribution in [-0.2, 0) is 16.1 Å². The van der Waals surface area contributed by atoms with Gasteiger partial charge in [0.15, 0.2) is 0 Å². The van der Waals surface area contributed by atoms with Crippen molar-refractivity contribution in [2.75, 3.05) is 25.5 Å². The van der Waals surface area contributed by atoms with Crippen molar-refractivity contribution in [3.8, 4) is 0 Å². The first-order valence-electron chi connectivity index (χ1n) is 10.1. The Bertz CT molecular complexity index is 1170. The Balaban J connectivity index is 1.46. The van der Waals surface area contributed by atoms with Crippen molar-refractivity contribution < 1.29 is 18.9 Å². The number of pyridine rings is 1. The van der Waals surface area contributed by atoms with Crippen LogP contribution in [0.25, 0.3) is 10.9 Å². The molecule has 0 spiro atoms. The van der Waals surface area contributed by atoms with Crippen molar-refractivity contribution in [3.63, 3.8) is 0 Å². The maximum Gasteiger partial charge on any atom is 0.332 e. The average Bonchev–Trinajstić information content (AvgIpc) is 3.23.